The van der Waals surface area contributed by atoms with E-state index in [-0.39, 0.29) is 12.3 Å². The zero-order valence-corrected chi connectivity index (χ0v) is 19.2. The minimum atomic E-state index is -0.0651. The van der Waals surface area contributed by atoms with Crippen LogP contribution in [0.2, 0.25) is 0 Å². The summed E-state index contributed by atoms with van der Waals surface area (Å²) in [5.74, 6) is 1.48. The molecule has 0 aliphatic heterocycles. The second-order valence-electron chi connectivity index (χ2n) is 6.82. The van der Waals surface area contributed by atoms with Gasteiger partial charge in [0.15, 0.2) is 4.80 Å². The van der Waals surface area contributed by atoms with Gasteiger partial charge in [0.05, 0.1) is 12.1 Å². The largest absolute Gasteiger partial charge is 0.457 e. The normalized spacial score (nSPS) is 11.4. The predicted molar refractivity (Wildman–Crippen MR) is 128 cm³/mol. The van der Waals surface area contributed by atoms with Crippen molar-refractivity contribution < 1.29 is 9.53 Å². The standard InChI is InChI=1S/C24H20BrN3O2S/c1-28-20(15-23(29)26-18-9-7-17(25)8-10-18)16-31-24(28)27-19-11-13-22(14-12-19)30-21-5-3-2-4-6-21/h2-14,16H,15H2,1H3,(H,26,29). The summed E-state index contributed by atoms with van der Waals surface area (Å²) in [7, 11) is 1.92. The fourth-order valence-electron chi connectivity index (χ4n) is 2.89. The molecule has 4 aromatic rings. The maximum Gasteiger partial charge on any atom is 0.230 e. The minimum Gasteiger partial charge on any atom is -0.457 e. The molecular formula is C24H20BrN3O2S. The number of carbonyl (C=O) groups is 1. The number of ether oxygens (including phenoxy) is 1. The van der Waals surface area contributed by atoms with Gasteiger partial charge in [0, 0.05) is 28.3 Å². The van der Waals surface area contributed by atoms with E-state index in [0.717, 1.165) is 37.8 Å². The Labute approximate surface area is 192 Å². The van der Waals surface area contributed by atoms with Crippen LogP contribution in [0, 0.1) is 0 Å². The Morgan fingerprint density at radius 2 is 1.68 bits per heavy atom. The minimum absolute atomic E-state index is 0.0651. The van der Waals surface area contributed by atoms with Gasteiger partial charge in [-0.3, -0.25) is 4.79 Å². The molecule has 1 amide bonds. The molecule has 0 bridgehead atoms. The average Bonchev–Trinajstić information content (AvgIpc) is 3.11. The van der Waals surface area contributed by atoms with E-state index in [1.54, 1.807) is 0 Å². The summed E-state index contributed by atoms with van der Waals surface area (Å²) in [4.78, 5) is 17.9. The van der Waals surface area contributed by atoms with Gasteiger partial charge in [-0.15, -0.1) is 11.3 Å². The number of anilines is 1. The molecule has 0 saturated heterocycles. The first-order valence-corrected chi connectivity index (χ1v) is 11.3. The lowest BCUT2D eigenvalue weighted by Crippen LogP contribution is -2.19. The van der Waals surface area contributed by atoms with Crippen LogP contribution < -0.4 is 14.9 Å². The Morgan fingerprint density at radius 1 is 1.00 bits per heavy atom. The van der Waals surface area contributed by atoms with Crippen LogP contribution >= 0.6 is 27.3 Å². The topological polar surface area (TPSA) is 55.6 Å². The van der Waals surface area contributed by atoms with E-state index in [4.69, 9.17) is 9.73 Å². The molecule has 3 aromatic carbocycles. The van der Waals surface area contributed by atoms with Gasteiger partial charge in [-0.1, -0.05) is 34.1 Å². The lowest BCUT2D eigenvalue weighted by atomic mass is 10.3. The number of nitrogens with zero attached hydrogens (tertiary/aromatic N) is 2. The average molecular weight is 494 g/mol. The van der Waals surface area contributed by atoms with Crippen LogP contribution in [0.25, 0.3) is 0 Å². The number of hydrogen-bond donors (Lipinski definition) is 1. The van der Waals surface area contributed by atoms with E-state index in [1.807, 2.05) is 95.9 Å². The van der Waals surface area contributed by atoms with Crippen molar-refractivity contribution in [3.05, 3.63) is 99.2 Å². The van der Waals surface area contributed by atoms with Crippen LogP contribution in [-0.2, 0) is 18.3 Å². The summed E-state index contributed by atoms with van der Waals surface area (Å²) < 4.78 is 8.74. The van der Waals surface area contributed by atoms with Gasteiger partial charge in [-0.25, -0.2) is 4.99 Å². The van der Waals surface area contributed by atoms with Crippen molar-refractivity contribution in [1.29, 1.82) is 0 Å². The highest BCUT2D eigenvalue weighted by Gasteiger charge is 2.09. The summed E-state index contributed by atoms with van der Waals surface area (Å²) in [6.07, 6.45) is 0.280. The molecule has 1 heterocycles. The fraction of sp³-hybridized carbons (Fsp3) is 0.0833. The zero-order valence-electron chi connectivity index (χ0n) is 16.8. The first kappa shape index (κ1) is 21.1. The lowest BCUT2D eigenvalue weighted by Gasteiger charge is -2.06. The van der Waals surface area contributed by atoms with Crippen molar-refractivity contribution in [2.24, 2.45) is 12.0 Å². The Morgan fingerprint density at radius 3 is 2.39 bits per heavy atom. The fourth-order valence-corrected chi connectivity index (χ4v) is 4.07. The van der Waals surface area contributed by atoms with Gasteiger partial charge in [0.1, 0.15) is 11.5 Å². The van der Waals surface area contributed by atoms with Crippen LogP contribution in [0.3, 0.4) is 0 Å². The molecule has 156 valence electrons. The Hall–Kier alpha value is -3.16. The molecule has 0 radical (unpaired) electrons. The smallest absolute Gasteiger partial charge is 0.230 e. The molecule has 0 spiro atoms. The first-order valence-electron chi connectivity index (χ1n) is 9.63. The van der Waals surface area contributed by atoms with Gasteiger partial charge in [0.25, 0.3) is 0 Å². The van der Waals surface area contributed by atoms with Gasteiger partial charge < -0.3 is 14.6 Å². The SMILES string of the molecule is Cn1c(CC(=O)Nc2ccc(Br)cc2)csc1=Nc1ccc(Oc2ccccc2)cc1. The number of halogens is 1. The van der Waals surface area contributed by atoms with Gasteiger partial charge in [-0.2, -0.15) is 0 Å². The third-order valence-electron chi connectivity index (χ3n) is 4.53. The number of aromatic nitrogens is 1. The van der Waals surface area contributed by atoms with Crippen molar-refractivity contribution in [2.45, 2.75) is 6.42 Å². The number of amides is 1. The van der Waals surface area contributed by atoms with E-state index >= 15 is 0 Å². The van der Waals surface area contributed by atoms with Crippen LogP contribution in [-0.4, -0.2) is 10.5 Å². The molecule has 0 atom stereocenters. The number of nitrogens with one attached hydrogen (secondary N) is 1. The second-order valence-corrected chi connectivity index (χ2v) is 8.57. The molecule has 5 nitrogen and oxygen atoms in total. The van der Waals surface area contributed by atoms with Crippen LogP contribution in [0.5, 0.6) is 11.5 Å². The highest BCUT2D eigenvalue weighted by molar-refractivity contribution is 9.10. The van der Waals surface area contributed by atoms with Crippen molar-refractivity contribution >= 4 is 44.5 Å². The summed E-state index contributed by atoms with van der Waals surface area (Å²) in [6.45, 7) is 0. The predicted octanol–water partition coefficient (Wildman–Crippen LogP) is 6.06. The third kappa shape index (κ3) is 5.71. The van der Waals surface area contributed by atoms with Gasteiger partial charge in [0.2, 0.25) is 5.91 Å². The quantitative estimate of drug-likeness (QED) is 0.355. The van der Waals surface area contributed by atoms with E-state index in [2.05, 4.69) is 21.2 Å². The summed E-state index contributed by atoms with van der Waals surface area (Å²) in [5.41, 5.74) is 2.50. The molecule has 0 fully saturated rings. The number of para-hydroxylation sites is 1. The molecule has 0 unspecified atom stereocenters. The number of thiazole rings is 1. The molecule has 1 aromatic heterocycles. The Bertz CT molecular complexity index is 1230. The van der Waals surface area contributed by atoms with E-state index < -0.39 is 0 Å². The maximum atomic E-state index is 12.4. The lowest BCUT2D eigenvalue weighted by molar-refractivity contribution is -0.115. The summed E-state index contributed by atoms with van der Waals surface area (Å²) in [5, 5.41) is 4.88. The molecule has 1 N–H and O–H groups in total. The van der Waals surface area contributed by atoms with Crippen molar-refractivity contribution in [2.75, 3.05) is 5.32 Å². The van der Waals surface area contributed by atoms with Crippen molar-refractivity contribution in [3.8, 4) is 11.5 Å². The Kier molecular flexibility index (Phi) is 6.64. The first-order chi connectivity index (χ1) is 15.1. The molecule has 31 heavy (non-hydrogen) atoms. The number of hydrogen-bond acceptors (Lipinski definition) is 4. The molecule has 4 rings (SSSR count). The number of benzene rings is 3. The zero-order chi connectivity index (χ0) is 21.6. The molecule has 0 aliphatic rings. The molecule has 0 aliphatic carbocycles. The van der Waals surface area contributed by atoms with Crippen molar-refractivity contribution in [1.82, 2.24) is 4.57 Å². The van der Waals surface area contributed by atoms with Crippen molar-refractivity contribution in [3.63, 3.8) is 0 Å². The van der Waals surface area contributed by atoms with E-state index in [1.165, 1.54) is 11.3 Å². The van der Waals surface area contributed by atoms with Gasteiger partial charge in [-0.05, 0) is 60.7 Å². The van der Waals surface area contributed by atoms with Crippen LogP contribution in [0.1, 0.15) is 5.69 Å². The monoisotopic (exact) mass is 493 g/mol. The molecule has 0 saturated carbocycles. The van der Waals surface area contributed by atoms with E-state index in [9.17, 15) is 4.79 Å². The summed E-state index contributed by atoms with van der Waals surface area (Å²) in [6, 6.07) is 24.8. The third-order valence-corrected chi connectivity index (χ3v) is 6.02. The molecular weight excluding hydrogens is 474 g/mol. The van der Waals surface area contributed by atoms with E-state index in [0.29, 0.717) is 0 Å². The second kappa shape index (κ2) is 9.76. The highest BCUT2D eigenvalue weighted by atomic mass is 79.9. The number of carbonyl (C=O) groups excluding carboxylic acids is 1. The van der Waals surface area contributed by atoms with Crippen LogP contribution in [0.15, 0.2) is 93.7 Å². The highest BCUT2D eigenvalue weighted by Crippen LogP contribution is 2.23. The van der Waals surface area contributed by atoms with Gasteiger partial charge >= 0.3 is 0 Å². The number of rotatable bonds is 6. The molecule has 7 heteroatoms. The summed E-state index contributed by atoms with van der Waals surface area (Å²) >= 11 is 4.90. The van der Waals surface area contributed by atoms with Crippen LogP contribution in [0.4, 0.5) is 11.4 Å². The maximum absolute atomic E-state index is 12.4. The Balaban J connectivity index is 1.43.